The van der Waals surface area contributed by atoms with Crippen molar-refractivity contribution in [2.24, 2.45) is 11.7 Å². The molecule has 2 aliphatic rings. The molecule has 2 aliphatic heterocycles. The first-order chi connectivity index (χ1) is 8.70. The van der Waals surface area contributed by atoms with Gasteiger partial charge in [-0.3, -0.25) is 4.90 Å². The lowest BCUT2D eigenvalue weighted by atomic mass is 9.87. The van der Waals surface area contributed by atoms with E-state index in [0.29, 0.717) is 0 Å². The second kappa shape index (κ2) is 6.36. The maximum Gasteiger partial charge on any atom is 0.0458 e. The van der Waals surface area contributed by atoms with Crippen LogP contribution in [0.3, 0.4) is 0 Å². The Kier molecular flexibility index (Phi) is 5.05. The Balaban J connectivity index is 2.02. The normalized spacial score (nSPS) is 36.5. The largest absolute Gasteiger partial charge is 0.329 e. The van der Waals surface area contributed by atoms with E-state index in [0.717, 1.165) is 12.5 Å². The molecule has 0 aromatic carbocycles. The smallest absolute Gasteiger partial charge is 0.0458 e. The van der Waals surface area contributed by atoms with Crippen LogP contribution in [0.5, 0.6) is 0 Å². The first-order valence-electron chi connectivity index (χ1n) is 7.84. The lowest BCUT2D eigenvalue weighted by Crippen LogP contribution is -2.62. The molecule has 3 nitrogen and oxygen atoms in total. The molecular formula is C15H31N3. The molecule has 3 heteroatoms. The summed E-state index contributed by atoms with van der Waals surface area (Å²) in [6.45, 7) is 8.11. The maximum absolute atomic E-state index is 6.18. The quantitative estimate of drug-likeness (QED) is 0.834. The molecule has 0 amide bonds. The zero-order valence-electron chi connectivity index (χ0n) is 12.3. The summed E-state index contributed by atoms with van der Waals surface area (Å²) in [5.74, 6) is 0.950. The van der Waals surface area contributed by atoms with Crippen molar-refractivity contribution in [1.82, 2.24) is 9.80 Å². The van der Waals surface area contributed by atoms with Crippen LogP contribution in [0.4, 0.5) is 0 Å². The summed E-state index contributed by atoms with van der Waals surface area (Å²) in [6, 6.07) is 0. The Morgan fingerprint density at radius 1 is 1.17 bits per heavy atom. The molecule has 106 valence electrons. The molecule has 2 N–H and O–H groups in total. The molecular weight excluding hydrogens is 222 g/mol. The van der Waals surface area contributed by atoms with Crippen LogP contribution in [0, 0.1) is 5.92 Å². The Morgan fingerprint density at radius 2 is 2.00 bits per heavy atom. The molecule has 2 unspecified atom stereocenters. The van der Waals surface area contributed by atoms with Crippen molar-refractivity contribution in [3.63, 3.8) is 0 Å². The second-order valence-corrected chi connectivity index (χ2v) is 6.46. The van der Waals surface area contributed by atoms with Crippen molar-refractivity contribution in [1.29, 1.82) is 0 Å². The molecule has 0 saturated carbocycles. The van der Waals surface area contributed by atoms with Gasteiger partial charge in [0, 0.05) is 18.6 Å². The minimum atomic E-state index is 0.273. The highest BCUT2D eigenvalue weighted by Crippen LogP contribution is 2.30. The van der Waals surface area contributed by atoms with E-state index in [9.17, 15) is 0 Å². The molecule has 0 aromatic heterocycles. The van der Waals surface area contributed by atoms with E-state index in [2.05, 4.69) is 23.8 Å². The number of nitrogens with zero attached hydrogens (tertiary/aromatic N) is 2. The number of piperidine rings is 1. The molecule has 0 aliphatic carbocycles. The van der Waals surface area contributed by atoms with E-state index in [-0.39, 0.29) is 5.54 Å². The van der Waals surface area contributed by atoms with E-state index in [1.165, 1.54) is 64.7 Å². The van der Waals surface area contributed by atoms with Crippen molar-refractivity contribution in [3.05, 3.63) is 0 Å². The van der Waals surface area contributed by atoms with Crippen LogP contribution in [0.25, 0.3) is 0 Å². The van der Waals surface area contributed by atoms with Gasteiger partial charge >= 0.3 is 0 Å². The third kappa shape index (κ3) is 3.06. The SMILES string of the molecule is CCC1CCCN(C2(CN)CCCN(C)C2)CC1. The third-order valence-electron chi connectivity index (χ3n) is 5.22. The fourth-order valence-electron chi connectivity index (χ4n) is 3.94. The number of nitrogens with two attached hydrogens (primary N) is 1. The van der Waals surface area contributed by atoms with E-state index in [1.54, 1.807) is 0 Å². The fraction of sp³-hybridized carbons (Fsp3) is 1.00. The second-order valence-electron chi connectivity index (χ2n) is 6.46. The Hall–Kier alpha value is -0.120. The highest BCUT2D eigenvalue weighted by molar-refractivity contribution is 4.97. The lowest BCUT2D eigenvalue weighted by molar-refractivity contribution is 0.0274. The minimum absolute atomic E-state index is 0.273. The summed E-state index contributed by atoms with van der Waals surface area (Å²) in [4.78, 5) is 5.21. The molecule has 2 fully saturated rings. The van der Waals surface area contributed by atoms with E-state index >= 15 is 0 Å². The average Bonchev–Trinajstić information content (AvgIpc) is 2.64. The zero-order chi connectivity index (χ0) is 13.0. The van der Waals surface area contributed by atoms with Crippen molar-refractivity contribution in [3.8, 4) is 0 Å². The highest BCUT2D eigenvalue weighted by atomic mass is 15.3. The lowest BCUT2D eigenvalue weighted by Gasteiger charge is -2.48. The van der Waals surface area contributed by atoms with Crippen molar-refractivity contribution < 1.29 is 0 Å². The van der Waals surface area contributed by atoms with Gasteiger partial charge in [-0.15, -0.1) is 0 Å². The molecule has 2 saturated heterocycles. The highest BCUT2D eigenvalue weighted by Gasteiger charge is 2.39. The predicted molar refractivity (Wildman–Crippen MR) is 77.7 cm³/mol. The van der Waals surface area contributed by atoms with E-state index in [1.807, 2.05) is 0 Å². The van der Waals surface area contributed by atoms with Crippen molar-refractivity contribution in [2.75, 3.05) is 39.8 Å². The van der Waals surface area contributed by atoms with E-state index < -0.39 is 0 Å². The van der Waals surface area contributed by atoms with Gasteiger partial charge in [-0.05, 0) is 64.7 Å². The predicted octanol–water partition coefficient (Wildman–Crippen LogP) is 1.92. The Morgan fingerprint density at radius 3 is 2.67 bits per heavy atom. The minimum Gasteiger partial charge on any atom is -0.329 e. The van der Waals surface area contributed by atoms with Gasteiger partial charge in [-0.25, -0.2) is 0 Å². The molecule has 0 bridgehead atoms. The first kappa shape index (κ1) is 14.3. The molecule has 2 heterocycles. The number of hydrogen-bond acceptors (Lipinski definition) is 3. The fourth-order valence-corrected chi connectivity index (χ4v) is 3.94. The first-order valence-corrected chi connectivity index (χ1v) is 7.84. The summed E-state index contributed by atoms with van der Waals surface area (Å²) in [7, 11) is 2.25. The molecule has 0 radical (unpaired) electrons. The number of hydrogen-bond donors (Lipinski definition) is 1. The Bertz CT molecular complexity index is 256. The van der Waals surface area contributed by atoms with Gasteiger partial charge in [0.05, 0.1) is 0 Å². The molecule has 2 atom stereocenters. The number of likely N-dealkylation sites (tertiary alicyclic amines) is 2. The molecule has 0 aromatic rings. The summed E-state index contributed by atoms with van der Waals surface area (Å²) in [6.07, 6.45) is 8.12. The zero-order valence-corrected chi connectivity index (χ0v) is 12.3. The van der Waals surface area contributed by atoms with Crippen LogP contribution in [0.2, 0.25) is 0 Å². The van der Waals surface area contributed by atoms with Gasteiger partial charge in [-0.1, -0.05) is 13.3 Å². The topological polar surface area (TPSA) is 32.5 Å². The van der Waals surface area contributed by atoms with Gasteiger partial charge in [-0.2, -0.15) is 0 Å². The van der Waals surface area contributed by atoms with Gasteiger partial charge in [0.15, 0.2) is 0 Å². The van der Waals surface area contributed by atoms with Gasteiger partial charge < -0.3 is 10.6 Å². The standard InChI is InChI=1S/C15H31N3/c1-3-14-6-4-10-18(11-7-14)15(12-16)8-5-9-17(2)13-15/h14H,3-13,16H2,1-2H3. The van der Waals surface area contributed by atoms with Crippen molar-refractivity contribution >= 4 is 0 Å². The van der Waals surface area contributed by atoms with Crippen LogP contribution in [-0.4, -0.2) is 55.1 Å². The van der Waals surface area contributed by atoms with Gasteiger partial charge in [0.2, 0.25) is 0 Å². The average molecular weight is 253 g/mol. The van der Waals surface area contributed by atoms with Gasteiger partial charge in [0.25, 0.3) is 0 Å². The van der Waals surface area contributed by atoms with E-state index in [4.69, 9.17) is 5.73 Å². The van der Waals surface area contributed by atoms with Crippen LogP contribution in [-0.2, 0) is 0 Å². The number of rotatable bonds is 3. The number of likely N-dealkylation sites (N-methyl/N-ethyl adjacent to an activating group) is 1. The van der Waals surface area contributed by atoms with Crippen LogP contribution in [0.15, 0.2) is 0 Å². The van der Waals surface area contributed by atoms with Crippen LogP contribution < -0.4 is 5.73 Å². The summed E-state index contributed by atoms with van der Waals surface area (Å²) < 4.78 is 0. The summed E-state index contributed by atoms with van der Waals surface area (Å²) in [5.41, 5.74) is 6.45. The summed E-state index contributed by atoms with van der Waals surface area (Å²) in [5, 5.41) is 0. The molecule has 0 spiro atoms. The molecule has 18 heavy (non-hydrogen) atoms. The maximum atomic E-state index is 6.18. The van der Waals surface area contributed by atoms with Crippen molar-refractivity contribution in [2.45, 2.75) is 51.0 Å². The van der Waals surface area contributed by atoms with Crippen LogP contribution in [0.1, 0.15) is 45.4 Å². The molecule has 2 rings (SSSR count). The Labute approximate surface area is 113 Å². The van der Waals surface area contributed by atoms with Crippen LogP contribution >= 0.6 is 0 Å². The van der Waals surface area contributed by atoms with Gasteiger partial charge in [0.1, 0.15) is 0 Å². The monoisotopic (exact) mass is 253 g/mol. The summed E-state index contributed by atoms with van der Waals surface area (Å²) >= 11 is 0. The third-order valence-corrected chi connectivity index (χ3v) is 5.22.